The van der Waals surface area contributed by atoms with E-state index < -0.39 is 0 Å². The van der Waals surface area contributed by atoms with E-state index in [0.717, 1.165) is 49.3 Å². The van der Waals surface area contributed by atoms with Crippen molar-refractivity contribution in [1.82, 2.24) is 0 Å². The van der Waals surface area contributed by atoms with Crippen LogP contribution >= 0.6 is 15.9 Å². The van der Waals surface area contributed by atoms with Gasteiger partial charge in [-0.05, 0) is 43.5 Å². The molecule has 0 bridgehead atoms. The van der Waals surface area contributed by atoms with Crippen LogP contribution in [0, 0.1) is 0 Å². The third-order valence-electron chi connectivity index (χ3n) is 2.89. The molecule has 3 heteroatoms. The van der Waals surface area contributed by atoms with Gasteiger partial charge in [-0.1, -0.05) is 42.1 Å². The highest BCUT2D eigenvalue weighted by Gasteiger charge is 1.97. The van der Waals surface area contributed by atoms with Crippen LogP contribution in [-0.4, -0.2) is 18.5 Å². The van der Waals surface area contributed by atoms with E-state index in [9.17, 15) is 0 Å². The summed E-state index contributed by atoms with van der Waals surface area (Å²) in [5.41, 5.74) is 0. The van der Waals surface area contributed by atoms with Gasteiger partial charge in [0, 0.05) is 5.33 Å². The van der Waals surface area contributed by atoms with Gasteiger partial charge < -0.3 is 9.47 Å². The highest BCUT2D eigenvalue weighted by atomic mass is 79.9. The fourth-order valence-electron chi connectivity index (χ4n) is 1.74. The normalized spacial score (nSPS) is 10.4. The molecule has 0 amide bonds. The summed E-state index contributed by atoms with van der Waals surface area (Å²) in [4.78, 5) is 0. The fraction of sp³-hybridized carbons (Fsp3) is 0.625. The van der Waals surface area contributed by atoms with Gasteiger partial charge in [0.2, 0.25) is 0 Å². The molecule has 1 aromatic carbocycles. The summed E-state index contributed by atoms with van der Waals surface area (Å²) in [5, 5.41) is 1.04. The Hall–Kier alpha value is -0.700. The maximum atomic E-state index is 5.69. The van der Waals surface area contributed by atoms with E-state index >= 15 is 0 Å². The van der Waals surface area contributed by atoms with E-state index in [2.05, 4.69) is 22.9 Å². The van der Waals surface area contributed by atoms with E-state index in [0.29, 0.717) is 0 Å². The summed E-state index contributed by atoms with van der Waals surface area (Å²) in [6.07, 6.45) is 7.19. The first-order chi connectivity index (χ1) is 9.36. The van der Waals surface area contributed by atoms with Crippen LogP contribution in [0.3, 0.4) is 0 Å². The van der Waals surface area contributed by atoms with Crippen molar-refractivity contribution in [1.29, 1.82) is 0 Å². The molecule has 0 aromatic heterocycles. The molecule has 19 heavy (non-hydrogen) atoms. The minimum Gasteiger partial charge on any atom is -0.494 e. The van der Waals surface area contributed by atoms with Gasteiger partial charge in [-0.25, -0.2) is 0 Å². The Morgan fingerprint density at radius 2 is 1.32 bits per heavy atom. The van der Waals surface area contributed by atoms with Crippen molar-refractivity contribution in [2.45, 2.75) is 45.4 Å². The summed E-state index contributed by atoms with van der Waals surface area (Å²) in [5.74, 6) is 1.86. The summed E-state index contributed by atoms with van der Waals surface area (Å²) < 4.78 is 11.3. The predicted octanol–water partition coefficient (Wildman–Crippen LogP) is 5.20. The lowest BCUT2D eigenvalue weighted by molar-refractivity contribution is 0.299. The van der Waals surface area contributed by atoms with Crippen LogP contribution in [0.1, 0.15) is 45.4 Å². The quantitative estimate of drug-likeness (QED) is 0.410. The molecule has 2 nitrogen and oxygen atoms in total. The molecule has 1 rings (SSSR count). The molecule has 0 saturated heterocycles. The third-order valence-corrected chi connectivity index (χ3v) is 3.45. The Labute approximate surface area is 125 Å². The van der Waals surface area contributed by atoms with E-state index in [1.807, 2.05) is 24.3 Å². The lowest BCUT2D eigenvalue weighted by atomic mass is 10.2. The second-order valence-electron chi connectivity index (χ2n) is 4.63. The summed E-state index contributed by atoms with van der Waals surface area (Å²) in [7, 11) is 0. The fourth-order valence-corrected chi connectivity index (χ4v) is 2.13. The molecule has 0 aliphatic carbocycles. The molecule has 0 aliphatic heterocycles. The maximum Gasteiger partial charge on any atom is 0.119 e. The summed E-state index contributed by atoms with van der Waals surface area (Å²) >= 11 is 3.41. The average Bonchev–Trinajstić information content (AvgIpc) is 2.45. The summed E-state index contributed by atoms with van der Waals surface area (Å²) in [6, 6.07) is 7.93. The van der Waals surface area contributed by atoms with Gasteiger partial charge >= 0.3 is 0 Å². The van der Waals surface area contributed by atoms with Gasteiger partial charge in [0.1, 0.15) is 11.5 Å². The molecular formula is C16H25BrO2. The van der Waals surface area contributed by atoms with E-state index in [4.69, 9.17) is 9.47 Å². The van der Waals surface area contributed by atoms with E-state index in [1.54, 1.807) is 0 Å². The number of hydrogen-bond acceptors (Lipinski definition) is 2. The van der Waals surface area contributed by atoms with Crippen LogP contribution in [0.5, 0.6) is 11.5 Å². The zero-order valence-corrected chi connectivity index (χ0v) is 13.5. The zero-order valence-electron chi connectivity index (χ0n) is 11.9. The number of rotatable bonds is 11. The van der Waals surface area contributed by atoms with Crippen molar-refractivity contribution < 1.29 is 9.47 Å². The van der Waals surface area contributed by atoms with Gasteiger partial charge in [-0.15, -0.1) is 0 Å². The second-order valence-corrected chi connectivity index (χ2v) is 5.42. The van der Waals surface area contributed by atoms with Gasteiger partial charge in [-0.3, -0.25) is 0 Å². The first kappa shape index (κ1) is 16.4. The van der Waals surface area contributed by atoms with Crippen LogP contribution in [0.2, 0.25) is 0 Å². The van der Waals surface area contributed by atoms with Crippen LogP contribution in [0.25, 0.3) is 0 Å². The molecule has 0 unspecified atom stereocenters. The topological polar surface area (TPSA) is 18.5 Å². The molecule has 0 fully saturated rings. The van der Waals surface area contributed by atoms with Crippen molar-refractivity contribution in [3.8, 4) is 11.5 Å². The van der Waals surface area contributed by atoms with Crippen molar-refractivity contribution >= 4 is 15.9 Å². The Kier molecular flexibility index (Phi) is 9.60. The minimum atomic E-state index is 0.781. The number of halogens is 1. The molecule has 108 valence electrons. The molecule has 0 spiro atoms. The first-order valence-corrected chi connectivity index (χ1v) is 8.40. The number of ether oxygens (including phenoxy) is 2. The van der Waals surface area contributed by atoms with Crippen LogP contribution < -0.4 is 9.47 Å². The molecule has 0 radical (unpaired) electrons. The van der Waals surface area contributed by atoms with Crippen molar-refractivity contribution in [3.63, 3.8) is 0 Å². The third kappa shape index (κ3) is 8.14. The molecule has 0 aliphatic rings. The Bertz CT molecular complexity index is 311. The van der Waals surface area contributed by atoms with Gasteiger partial charge in [0.15, 0.2) is 0 Å². The van der Waals surface area contributed by atoms with Gasteiger partial charge in [-0.2, -0.15) is 0 Å². The molecule has 1 aromatic rings. The molecule has 0 N–H and O–H groups in total. The zero-order chi connectivity index (χ0) is 13.8. The number of benzene rings is 1. The minimum absolute atomic E-state index is 0.781. The van der Waals surface area contributed by atoms with Crippen molar-refractivity contribution in [2.24, 2.45) is 0 Å². The number of alkyl halides is 1. The smallest absolute Gasteiger partial charge is 0.119 e. The Morgan fingerprint density at radius 3 is 1.79 bits per heavy atom. The largest absolute Gasteiger partial charge is 0.494 e. The molecular weight excluding hydrogens is 304 g/mol. The highest BCUT2D eigenvalue weighted by molar-refractivity contribution is 9.09. The Balaban J connectivity index is 2.16. The van der Waals surface area contributed by atoms with Crippen molar-refractivity contribution in [2.75, 3.05) is 18.5 Å². The lowest BCUT2D eigenvalue weighted by Crippen LogP contribution is -1.99. The SMILES string of the molecule is CCCCCCOc1ccc(OCCCCBr)cc1. The second kappa shape index (κ2) is 11.2. The summed E-state index contributed by atoms with van der Waals surface area (Å²) in [6.45, 7) is 3.81. The Morgan fingerprint density at radius 1 is 0.789 bits per heavy atom. The van der Waals surface area contributed by atoms with Crippen LogP contribution in [0.15, 0.2) is 24.3 Å². The standard InChI is InChI=1S/C16H25BrO2/c1-2-3-4-6-13-18-15-8-10-16(11-9-15)19-14-7-5-12-17/h8-11H,2-7,12-14H2,1H3. The monoisotopic (exact) mass is 328 g/mol. The predicted molar refractivity (Wildman–Crippen MR) is 84.6 cm³/mol. The molecule has 0 atom stereocenters. The van der Waals surface area contributed by atoms with E-state index in [-0.39, 0.29) is 0 Å². The molecule has 0 saturated carbocycles. The highest BCUT2D eigenvalue weighted by Crippen LogP contribution is 2.18. The lowest BCUT2D eigenvalue weighted by Gasteiger charge is -2.08. The first-order valence-electron chi connectivity index (χ1n) is 7.28. The number of unbranched alkanes of at least 4 members (excludes halogenated alkanes) is 4. The number of hydrogen-bond donors (Lipinski definition) is 0. The van der Waals surface area contributed by atoms with Gasteiger partial charge in [0.05, 0.1) is 13.2 Å². The van der Waals surface area contributed by atoms with Crippen molar-refractivity contribution in [3.05, 3.63) is 24.3 Å². The van der Waals surface area contributed by atoms with Crippen LogP contribution in [-0.2, 0) is 0 Å². The molecule has 0 heterocycles. The van der Waals surface area contributed by atoms with E-state index in [1.165, 1.54) is 19.3 Å². The van der Waals surface area contributed by atoms with Crippen LogP contribution in [0.4, 0.5) is 0 Å². The maximum absolute atomic E-state index is 5.69. The average molecular weight is 329 g/mol. The van der Waals surface area contributed by atoms with Gasteiger partial charge in [0.25, 0.3) is 0 Å².